The Morgan fingerprint density at radius 3 is 2.48 bits per heavy atom. The van der Waals surface area contributed by atoms with E-state index in [9.17, 15) is 8.42 Å². The Kier molecular flexibility index (Phi) is 6.69. The van der Waals surface area contributed by atoms with Gasteiger partial charge in [0.05, 0.1) is 22.8 Å². The van der Waals surface area contributed by atoms with Crippen LogP contribution in [0.15, 0.2) is 53.4 Å². The zero-order valence-electron chi connectivity index (χ0n) is 17.9. The molecule has 2 aromatic carbocycles. The maximum atomic E-state index is 13.5. The molecule has 29 heavy (non-hydrogen) atoms. The number of hydrogen-bond acceptors (Lipinski definition) is 4. The van der Waals surface area contributed by atoms with Crippen molar-refractivity contribution >= 4 is 9.84 Å². The molecule has 0 radical (unpaired) electrons. The highest BCUT2D eigenvalue weighted by Gasteiger charge is 2.41. The molecule has 1 aliphatic rings. The van der Waals surface area contributed by atoms with Gasteiger partial charge in [-0.2, -0.15) is 0 Å². The van der Waals surface area contributed by atoms with E-state index in [0.29, 0.717) is 10.6 Å². The molecule has 5 heteroatoms. The van der Waals surface area contributed by atoms with E-state index in [-0.39, 0.29) is 17.9 Å². The lowest BCUT2D eigenvalue weighted by molar-refractivity contribution is 0.241. The maximum Gasteiger partial charge on any atom is 0.180 e. The predicted octanol–water partition coefficient (Wildman–Crippen LogP) is 5.28. The van der Waals surface area contributed by atoms with Crippen LogP contribution in [0.3, 0.4) is 0 Å². The molecule has 2 aromatic rings. The molecule has 0 amide bonds. The zero-order valence-corrected chi connectivity index (χ0v) is 18.8. The van der Waals surface area contributed by atoms with Crippen LogP contribution in [0.5, 0.6) is 5.75 Å². The van der Waals surface area contributed by atoms with Crippen LogP contribution in [0.1, 0.15) is 70.5 Å². The number of nitrogens with one attached hydrogen (secondary N) is 1. The Morgan fingerprint density at radius 1 is 1.14 bits per heavy atom. The Morgan fingerprint density at radius 2 is 1.86 bits per heavy atom. The fourth-order valence-corrected chi connectivity index (χ4v) is 6.34. The van der Waals surface area contributed by atoms with Gasteiger partial charge in [-0.05, 0) is 49.9 Å². The fourth-order valence-electron chi connectivity index (χ4n) is 4.18. The van der Waals surface area contributed by atoms with Crippen LogP contribution in [0.2, 0.25) is 0 Å². The third-order valence-electron chi connectivity index (χ3n) is 5.74. The van der Waals surface area contributed by atoms with Crippen LogP contribution in [-0.4, -0.2) is 25.8 Å². The molecule has 0 fully saturated rings. The van der Waals surface area contributed by atoms with Crippen molar-refractivity contribution in [2.45, 2.75) is 76.0 Å². The first-order valence-electron chi connectivity index (χ1n) is 10.7. The SMILES string of the molecule is CCCC[C@@]1(CC)CS(=O)(=O)c2cc(OC(C)C)ccc2[C@H](c2ccccc2)N1. The number of benzene rings is 2. The normalized spacial score (nSPS) is 23.4. The molecule has 0 bridgehead atoms. The van der Waals surface area contributed by atoms with Gasteiger partial charge in [-0.25, -0.2) is 8.42 Å². The van der Waals surface area contributed by atoms with Crippen LogP contribution in [0, 0.1) is 0 Å². The first-order chi connectivity index (χ1) is 13.8. The molecular formula is C24H33NO3S. The van der Waals surface area contributed by atoms with Crippen LogP contribution in [0.4, 0.5) is 0 Å². The molecule has 3 rings (SSSR count). The minimum Gasteiger partial charge on any atom is -0.491 e. The Balaban J connectivity index is 2.18. The Bertz CT molecular complexity index is 924. The number of fused-ring (bicyclic) bond motifs is 1. The summed E-state index contributed by atoms with van der Waals surface area (Å²) < 4.78 is 32.9. The summed E-state index contributed by atoms with van der Waals surface area (Å²) in [4.78, 5) is 0.392. The van der Waals surface area contributed by atoms with E-state index in [2.05, 4.69) is 31.3 Å². The number of rotatable bonds is 7. The van der Waals surface area contributed by atoms with E-state index >= 15 is 0 Å². The summed E-state index contributed by atoms with van der Waals surface area (Å²) in [6, 6.07) is 15.5. The zero-order chi connectivity index (χ0) is 21.1. The van der Waals surface area contributed by atoms with Crippen LogP contribution in [-0.2, 0) is 9.84 Å². The summed E-state index contributed by atoms with van der Waals surface area (Å²) in [5.74, 6) is 0.713. The molecule has 2 atom stereocenters. The molecule has 0 aromatic heterocycles. The summed E-state index contributed by atoms with van der Waals surface area (Å²) in [6.07, 6.45) is 3.63. The molecule has 1 heterocycles. The number of ether oxygens (including phenoxy) is 1. The van der Waals surface area contributed by atoms with Gasteiger partial charge in [-0.3, -0.25) is 5.32 Å². The quantitative estimate of drug-likeness (QED) is 0.668. The second kappa shape index (κ2) is 8.88. The number of sulfone groups is 1. The summed E-state index contributed by atoms with van der Waals surface area (Å²) in [6.45, 7) is 8.12. The molecule has 0 spiro atoms. The van der Waals surface area contributed by atoms with Gasteiger partial charge in [0.15, 0.2) is 9.84 Å². The van der Waals surface area contributed by atoms with Crippen molar-refractivity contribution in [2.24, 2.45) is 0 Å². The lowest BCUT2D eigenvalue weighted by Gasteiger charge is -2.35. The van der Waals surface area contributed by atoms with Crippen molar-refractivity contribution in [3.8, 4) is 5.75 Å². The lowest BCUT2D eigenvalue weighted by atomic mass is 9.88. The van der Waals surface area contributed by atoms with Gasteiger partial charge in [-0.1, -0.05) is 63.1 Å². The van der Waals surface area contributed by atoms with E-state index in [4.69, 9.17) is 4.74 Å². The van der Waals surface area contributed by atoms with Crippen molar-refractivity contribution in [2.75, 3.05) is 5.75 Å². The molecule has 1 aliphatic heterocycles. The second-order valence-electron chi connectivity index (χ2n) is 8.35. The number of hydrogen-bond donors (Lipinski definition) is 1. The monoisotopic (exact) mass is 415 g/mol. The van der Waals surface area contributed by atoms with Gasteiger partial charge in [-0.15, -0.1) is 0 Å². The van der Waals surface area contributed by atoms with Crippen LogP contribution >= 0.6 is 0 Å². The molecule has 158 valence electrons. The largest absolute Gasteiger partial charge is 0.491 e. The lowest BCUT2D eigenvalue weighted by Crippen LogP contribution is -2.50. The molecule has 0 saturated carbocycles. The first-order valence-corrected chi connectivity index (χ1v) is 12.3. The van der Waals surface area contributed by atoms with E-state index in [1.165, 1.54) is 0 Å². The van der Waals surface area contributed by atoms with Crippen molar-refractivity contribution < 1.29 is 13.2 Å². The minimum absolute atomic E-state index is 0.0103. The topological polar surface area (TPSA) is 55.4 Å². The van der Waals surface area contributed by atoms with Gasteiger partial charge >= 0.3 is 0 Å². The van der Waals surface area contributed by atoms with Crippen molar-refractivity contribution in [3.05, 3.63) is 59.7 Å². The molecule has 0 aliphatic carbocycles. The molecule has 1 N–H and O–H groups in total. The summed E-state index contributed by atoms with van der Waals surface area (Å²) in [7, 11) is -3.47. The molecular weight excluding hydrogens is 382 g/mol. The van der Waals surface area contributed by atoms with Gasteiger partial charge in [0, 0.05) is 5.54 Å². The average molecular weight is 416 g/mol. The van der Waals surface area contributed by atoms with Crippen LogP contribution < -0.4 is 10.1 Å². The molecule has 0 unspecified atom stereocenters. The van der Waals surface area contributed by atoms with E-state index in [1.807, 2.05) is 44.2 Å². The Labute approximate surface area is 175 Å². The Hall–Kier alpha value is -1.85. The smallest absolute Gasteiger partial charge is 0.180 e. The van der Waals surface area contributed by atoms with Gasteiger partial charge < -0.3 is 4.74 Å². The van der Waals surface area contributed by atoms with Crippen molar-refractivity contribution in [1.29, 1.82) is 0 Å². The average Bonchev–Trinajstić information content (AvgIpc) is 2.79. The number of unbranched alkanes of at least 4 members (excludes halogenated alkanes) is 1. The summed E-state index contributed by atoms with van der Waals surface area (Å²) in [5.41, 5.74) is 1.44. The van der Waals surface area contributed by atoms with Crippen molar-refractivity contribution in [3.63, 3.8) is 0 Å². The van der Waals surface area contributed by atoms with Gasteiger partial charge in [0.25, 0.3) is 0 Å². The highest BCUT2D eigenvalue weighted by atomic mass is 32.2. The highest BCUT2D eigenvalue weighted by molar-refractivity contribution is 7.91. The second-order valence-corrected chi connectivity index (χ2v) is 10.3. The third-order valence-corrected chi connectivity index (χ3v) is 7.69. The van der Waals surface area contributed by atoms with E-state index < -0.39 is 15.4 Å². The van der Waals surface area contributed by atoms with Gasteiger partial charge in [0.1, 0.15) is 5.75 Å². The minimum atomic E-state index is -3.47. The summed E-state index contributed by atoms with van der Waals surface area (Å²) >= 11 is 0. The van der Waals surface area contributed by atoms with E-state index in [1.54, 1.807) is 6.07 Å². The maximum absolute atomic E-state index is 13.5. The van der Waals surface area contributed by atoms with Crippen molar-refractivity contribution in [1.82, 2.24) is 5.32 Å². The van der Waals surface area contributed by atoms with Crippen LogP contribution in [0.25, 0.3) is 0 Å². The highest BCUT2D eigenvalue weighted by Crippen LogP contribution is 2.39. The first kappa shape index (κ1) is 21.8. The molecule has 4 nitrogen and oxygen atoms in total. The standard InChI is InChI=1S/C24H33NO3S/c1-5-7-15-24(6-2)17-29(26,27)22-16-20(28-18(3)4)13-14-21(22)23(25-24)19-11-9-8-10-12-19/h8-14,16,18,23,25H,5-7,15,17H2,1-4H3/t23-,24-/m0/s1. The molecule has 0 saturated heterocycles. The fraction of sp³-hybridized carbons (Fsp3) is 0.500. The summed E-state index contributed by atoms with van der Waals surface area (Å²) in [5, 5.41) is 3.78. The third kappa shape index (κ3) is 4.84. The predicted molar refractivity (Wildman–Crippen MR) is 118 cm³/mol. The van der Waals surface area contributed by atoms with Gasteiger partial charge in [0.2, 0.25) is 0 Å². The van der Waals surface area contributed by atoms with E-state index in [0.717, 1.165) is 36.8 Å².